The molecule has 1 N–H and O–H groups in total. The summed E-state index contributed by atoms with van der Waals surface area (Å²) in [5, 5.41) is 17.7. The number of hydrogen-bond acceptors (Lipinski definition) is 6. The first-order chi connectivity index (χ1) is 21.0. The van der Waals surface area contributed by atoms with Crippen molar-refractivity contribution in [2.75, 3.05) is 0 Å². The Bertz CT molecular complexity index is 1920. The van der Waals surface area contributed by atoms with E-state index in [4.69, 9.17) is 11.6 Å². The number of alkyl halides is 5. The normalized spacial score (nSPS) is 12.8. The maximum atomic E-state index is 15.4. The maximum Gasteiger partial charge on any atom is 0.464 e. The second kappa shape index (κ2) is 11.2. The molecule has 6 rings (SSSR count). The minimum absolute atomic E-state index is 0.000987. The third kappa shape index (κ3) is 5.52. The van der Waals surface area contributed by atoms with Crippen LogP contribution < -0.4 is 4.68 Å². The average molecular weight is 635 g/mol. The number of aromatic nitrogens is 11. The highest BCUT2D eigenvalue weighted by molar-refractivity contribution is 6.31. The van der Waals surface area contributed by atoms with Gasteiger partial charge in [-0.1, -0.05) is 22.9 Å². The zero-order chi connectivity index (χ0) is 31.2. The van der Waals surface area contributed by atoms with Gasteiger partial charge < -0.3 is 0 Å². The quantitative estimate of drug-likeness (QED) is 0.187. The lowest BCUT2D eigenvalue weighted by Gasteiger charge is -2.17. The van der Waals surface area contributed by atoms with Crippen molar-refractivity contribution in [1.29, 1.82) is 0 Å². The Morgan fingerprint density at radius 3 is 2.45 bits per heavy atom. The van der Waals surface area contributed by atoms with Crippen molar-refractivity contribution in [3.8, 4) is 28.2 Å². The highest BCUT2D eigenvalue weighted by Gasteiger charge is 2.41. The van der Waals surface area contributed by atoms with E-state index in [0.29, 0.717) is 33.7 Å². The maximum absolute atomic E-state index is 15.4. The first kappa shape index (κ1) is 29.0. The van der Waals surface area contributed by atoms with E-state index in [-0.39, 0.29) is 28.3 Å². The number of aromatic amines is 1. The van der Waals surface area contributed by atoms with Crippen LogP contribution in [-0.2, 0) is 19.6 Å². The molecule has 0 spiro atoms. The van der Waals surface area contributed by atoms with Gasteiger partial charge in [0.2, 0.25) is 0 Å². The number of aryl methyl sites for hydroxylation is 1. The van der Waals surface area contributed by atoms with Crippen LogP contribution in [0, 0.1) is 5.82 Å². The standard InChI is InChI=1S/C26H18ClF6N11/c1-41-24(35-13-37-41)15-10-36-43(11-15)20(8-16-6-7-42(39-16)25(29)30)18-4-2-14(9-34-18)22-19(5-3-17(27)23(22)28)44-12-21(38-40-44)26(31,32)33/h2-7,9-13,20,25H,8H2,1H3/p+1/t20-/m1/s1. The van der Waals surface area contributed by atoms with Gasteiger partial charge in [-0.2, -0.15) is 37.2 Å². The Hall–Kier alpha value is -5.06. The van der Waals surface area contributed by atoms with Crippen LogP contribution in [0.5, 0.6) is 0 Å². The molecule has 44 heavy (non-hydrogen) atoms. The number of H-pyrrole nitrogens is 1. The summed E-state index contributed by atoms with van der Waals surface area (Å²) < 4.78 is 85.9. The van der Waals surface area contributed by atoms with Crippen LogP contribution in [-0.4, -0.2) is 49.6 Å². The van der Waals surface area contributed by atoms with Crippen LogP contribution in [0.25, 0.3) is 28.2 Å². The smallest absolute Gasteiger partial charge is 0.263 e. The lowest BCUT2D eigenvalue weighted by molar-refractivity contribution is -0.659. The molecule has 1 aromatic carbocycles. The first-order valence-electron chi connectivity index (χ1n) is 12.7. The lowest BCUT2D eigenvalue weighted by atomic mass is 10.0. The molecule has 226 valence electrons. The minimum Gasteiger partial charge on any atom is -0.263 e. The predicted octanol–water partition coefficient (Wildman–Crippen LogP) is 4.98. The molecular weight excluding hydrogens is 616 g/mol. The molecule has 0 aliphatic heterocycles. The van der Waals surface area contributed by atoms with Gasteiger partial charge in [0.25, 0.3) is 0 Å². The van der Waals surface area contributed by atoms with Crippen molar-refractivity contribution in [3.63, 3.8) is 0 Å². The Morgan fingerprint density at radius 2 is 1.82 bits per heavy atom. The summed E-state index contributed by atoms with van der Waals surface area (Å²) in [7, 11) is 1.71. The fraction of sp³-hybridized carbons (Fsp3) is 0.192. The van der Waals surface area contributed by atoms with E-state index in [0.717, 1.165) is 10.9 Å². The fourth-order valence-corrected chi connectivity index (χ4v) is 4.78. The highest BCUT2D eigenvalue weighted by atomic mass is 35.5. The van der Waals surface area contributed by atoms with E-state index in [2.05, 4.69) is 35.6 Å². The molecule has 0 aliphatic rings. The van der Waals surface area contributed by atoms with E-state index < -0.39 is 30.3 Å². The molecule has 18 heteroatoms. The van der Waals surface area contributed by atoms with Gasteiger partial charge in [0.15, 0.2) is 23.5 Å². The third-order valence-corrected chi connectivity index (χ3v) is 7.02. The number of hydrogen-bond donors (Lipinski definition) is 1. The minimum atomic E-state index is -4.73. The molecular formula is C26H19ClF6N11+. The van der Waals surface area contributed by atoms with Crippen LogP contribution in [0.3, 0.4) is 0 Å². The number of nitrogens with one attached hydrogen (secondary N) is 1. The Kier molecular flexibility index (Phi) is 7.40. The van der Waals surface area contributed by atoms with Gasteiger partial charge in [0.05, 0.1) is 44.9 Å². The van der Waals surface area contributed by atoms with Crippen molar-refractivity contribution < 1.29 is 31.0 Å². The molecule has 0 saturated heterocycles. The van der Waals surface area contributed by atoms with Gasteiger partial charge in [-0.05, 0) is 24.3 Å². The van der Waals surface area contributed by atoms with Crippen molar-refractivity contribution >= 4 is 11.6 Å². The van der Waals surface area contributed by atoms with Crippen LogP contribution in [0.1, 0.15) is 29.7 Å². The van der Waals surface area contributed by atoms with E-state index in [1.165, 1.54) is 36.8 Å². The zero-order valence-corrected chi connectivity index (χ0v) is 23.1. The van der Waals surface area contributed by atoms with Crippen molar-refractivity contribution in [2.24, 2.45) is 7.05 Å². The molecule has 1 atom stereocenters. The van der Waals surface area contributed by atoms with Crippen molar-refractivity contribution in [3.05, 3.63) is 95.6 Å². The molecule has 0 saturated carbocycles. The van der Waals surface area contributed by atoms with Crippen molar-refractivity contribution in [2.45, 2.75) is 25.2 Å². The SMILES string of the molecule is Cn1ncnc1-c1cnn([C@H](Cc2ccn(C(F)F)n2)c2ccc(-c3c(-[n+]4cc(C(F)(F)F)n[nH]4)ccc(Cl)c3F)cn2)c1. The molecule has 5 aromatic heterocycles. The molecule has 5 heterocycles. The molecule has 6 aromatic rings. The lowest BCUT2D eigenvalue weighted by Crippen LogP contribution is -2.33. The van der Waals surface area contributed by atoms with Gasteiger partial charge in [0.1, 0.15) is 6.33 Å². The van der Waals surface area contributed by atoms with Crippen LogP contribution in [0.2, 0.25) is 5.02 Å². The van der Waals surface area contributed by atoms with Crippen LogP contribution in [0.4, 0.5) is 26.3 Å². The molecule has 0 unspecified atom stereocenters. The summed E-state index contributed by atoms with van der Waals surface area (Å²) in [4.78, 5) is 8.72. The van der Waals surface area contributed by atoms with Gasteiger partial charge >= 0.3 is 18.4 Å². The third-order valence-electron chi connectivity index (χ3n) is 6.73. The van der Waals surface area contributed by atoms with E-state index >= 15 is 4.39 Å². The molecule has 11 nitrogen and oxygen atoms in total. The van der Waals surface area contributed by atoms with Gasteiger partial charge in [-0.3, -0.25) is 9.67 Å². The largest absolute Gasteiger partial charge is 0.464 e. The fourth-order valence-electron chi connectivity index (χ4n) is 4.62. The van der Waals surface area contributed by atoms with E-state index in [1.54, 1.807) is 34.9 Å². The summed E-state index contributed by atoms with van der Waals surface area (Å²) in [5.41, 5.74) is 0.227. The second-order valence-corrected chi connectivity index (χ2v) is 9.93. The molecule has 0 fully saturated rings. The zero-order valence-electron chi connectivity index (χ0n) is 22.3. The number of halogens is 7. The van der Waals surface area contributed by atoms with E-state index in [9.17, 15) is 22.0 Å². The van der Waals surface area contributed by atoms with E-state index in [1.807, 2.05) is 0 Å². The summed E-state index contributed by atoms with van der Waals surface area (Å²) >= 11 is 6.04. The predicted molar refractivity (Wildman–Crippen MR) is 141 cm³/mol. The van der Waals surface area contributed by atoms with Crippen molar-refractivity contribution in [1.82, 2.24) is 49.6 Å². The molecule has 0 radical (unpaired) electrons. The number of pyridine rings is 1. The summed E-state index contributed by atoms with van der Waals surface area (Å²) in [6.45, 7) is -2.83. The van der Waals surface area contributed by atoms with Gasteiger partial charge in [0, 0.05) is 37.6 Å². The summed E-state index contributed by atoms with van der Waals surface area (Å²) in [5.74, 6) is -0.349. The Balaban J connectivity index is 1.39. The topological polar surface area (TPSA) is 112 Å². The Labute approximate surface area is 248 Å². The summed E-state index contributed by atoms with van der Waals surface area (Å²) in [6, 6.07) is 6.42. The van der Waals surface area contributed by atoms with Crippen LogP contribution >= 0.6 is 11.6 Å². The number of rotatable bonds is 8. The average Bonchev–Trinajstić information content (AvgIpc) is 3.80. The molecule has 0 bridgehead atoms. The Morgan fingerprint density at radius 1 is 1.00 bits per heavy atom. The molecule has 0 amide bonds. The molecule has 0 aliphatic carbocycles. The summed E-state index contributed by atoms with van der Waals surface area (Å²) in [6.07, 6.45) is 3.19. The number of nitrogens with zero attached hydrogens (tertiary/aromatic N) is 10. The first-order valence-corrected chi connectivity index (χ1v) is 13.1. The van der Waals surface area contributed by atoms with Crippen LogP contribution in [0.15, 0.2) is 67.6 Å². The van der Waals surface area contributed by atoms with Gasteiger partial charge in [-0.25, -0.2) is 18.7 Å². The van der Waals surface area contributed by atoms with Gasteiger partial charge in [-0.15, -0.1) is 4.68 Å². The number of benzene rings is 1. The highest BCUT2D eigenvalue weighted by Crippen LogP contribution is 2.33. The second-order valence-electron chi connectivity index (χ2n) is 9.52. The monoisotopic (exact) mass is 634 g/mol.